The van der Waals surface area contributed by atoms with Gasteiger partial charge in [0.1, 0.15) is 0 Å². The molecule has 1 aromatic carbocycles. The number of esters is 1. The van der Waals surface area contributed by atoms with E-state index in [1.807, 2.05) is 0 Å². The van der Waals surface area contributed by atoms with E-state index in [9.17, 15) is 19.7 Å². The Labute approximate surface area is 159 Å². The molecule has 1 amide bonds. The third-order valence-corrected chi connectivity index (χ3v) is 4.91. The van der Waals surface area contributed by atoms with Gasteiger partial charge in [0.25, 0.3) is 11.6 Å². The highest BCUT2D eigenvalue weighted by atomic mass is 16.6. The van der Waals surface area contributed by atoms with Gasteiger partial charge in [0.05, 0.1) is 17.6 Å². The summed E-state index contributed by atoms with van der Waals surface area (Å²) >= 11 is 0. The van der Waals surface area contributed by atoms with Gasteiger partial charge in [-0.25, -0.2) is 4.79 Å². The van der Waals surface area contributed by atoms with Crippen LogP contribution in [0.1, 0.15) is 59.7 Å². The number of amides is 1. The van der Waals surface area contributed by atoms with E-state index in [4.69, 9.17) is 0 Å². The van der Waals surface area contributed by atoms with E-state index in [1.165, 1.54) is 32.4 Å². The molecular formula is C19H27N3O5. The molecule has 0 radical (unpaired) electrons. The molecule has 27 heavy (non-hydrogen) atoms. The molecule has 1 aromatic rings. The van der Waals surface area contributed by atoms with Gasteiger partial charge < -0.3 is 15.0 Å². The number of non-ortho nitro benzene ring substituents is 1. The normalized spacial score (nSPS) is 17.3. The number of nitrogens with one attached hydrogen (secondary N) is 1. The maximum absolute atomic E-state index is 12.3. The molecular weight excluding hydrogens is 350 g/mol. The lowest BCUT2D eigenvalue weighted by Gasteiger charge is -2.33. The first-order valence-corrected chi connectivity index (χ1v) is 9.32. The fourth-order valence-corrected chi connectivity index (χ4v) is 3.32. The highest BCUT2D eigenvalue weighted by molar-refractivity contribution is 5.98. The van der Waals surface area contributed by atoms with Gasteiger partial charge in [-0.15, -0.1) is 0 Å². The molecule has 0 bridgehead atoms. The van der Waals surface area contributed by atoms with Crippen molar-refractivity contribution in [3.8, 4) is 0 Å². The molecule has 1 aliphatic rings. The summed E-state index contributed by atoms with van der Waals surface area (Å²) in [7, 11) is 1.18. The van der Waals surface area contributed by atoms with Gasteiger partial charge >= 0.3 is 5.97 Å². The Kier molecular flexibility index (Phi) is 7.72. The lowest BCUT2D eigenvalue weighted by Crippen LogP contribution is -2.38. The molecule has 1 fully saturated rings. The van der Waals surface area contributed by atoms with Crippen LogP contribution in [-0.4, -0.2) is 54.5 Å². The highest BCUT2D eigenvalue weighted by Gasteiger charge is 2.19. The smallest absolute Gasteiger partial charge is 0.338 e. The van der Waals surface area contributed by atoms with Crippen LogP contribution in [0.4, 0.5) is 5.69 Å². The average Bonchev–Trinajstić information content (AvgIpc) is 2.67. The van der Waals surface area contributed by atoms with Crippen LogP contribution in [0.2, 0.25) is 0 Å². The summed E-state index contributed by atoms with van der Waals surface area (Å²) in [6.07, 6.45) is 5.59. The van der Waals surface area contributed by atoms with E-state index in [0.717, 1.165) is 38.1 Å². The number of rotatable bonds is 8. The van der Waals surface area contributed by atoms with Crippen molar-refractivity contribution in [1.29, 1.82) is 0 Å². The van der Waals surface area contributed by atoms with Gasteiger partial charge in [-0.05, 0) is 51.8 Å². The summed E-state index contributed by atoms with van der Waals surface area (Å²) in [4.78, 5) is 36.8. The molecule has 2 rings (SSSR count). The molecule has 8 heteroatoms. The number of nitro benzene ring substituents is 1. The van der Waals surface area contributed by atoms with Crippen molar-refractivity contribution < 1.29 is 19.2 Å². The molecule has 1 heterocycles. The summed E-state index contributed by atoms with van der Waals surface area (Å²) in [5, 5.41) is 13.8. The number of ether oxygens (including phenoxy) is 1. The third-order valence-electron chi connectivity index (χ3n) is 4.91. The van der Waals surface area contributed by atoms with Crippen LogP contribution in [0.3, 0.4) is 0 Å². The van der Waals surface area contributed by atoms with Gasteiger partial charge in [-0.3, -0.25) is 14.9 Å². The highest BCUT2D eigenvalue weighted by Crippen LogP contribution is 2.19. The SMILES string of the molecule is COC(=O)c1cc(C(=O)NCCCCN2CCCCC2C)cc([N+](=O)[O-])c1. The number of carbonyl (C=O) groups is 2. The van der Waals surface area contributed by atoms with E-state index in [-0.39, 0.29) is 16.8 Å². The minimum Gasteiger partial charge on any atom is -0.465 e. The van der Waals surface area contributed by atoms with Crippen molar-refractivity contribution in [3.63, 3.8) is 0 Å². The zero-order valence-electron chi connectivity index (χ0n) is 15.9. The molecule has 8 nitrogen and oxygen atoms in total. The zero-order valence-corrected chi connectivity index (χ0v) is 15.9. The van der Waals surface area contributed by atoms with Crippen LogP contribution in [-0.2, 0) is 4.74 Å². The topological polar surface area (TPSA) is 102 Å². The molecule has 1 N–H and O–H groups in total. The monoisotopic (exact) mass is 377 g/mol. The molecule has 148 valence electrons. The fourth-order valence-electron chi connectivity index (χ4n) is 3.32. The Morgan fingerprint density at radius 2 is 2.00 bits per heavy atom. The van der Waals surface area contributed by atoms with Crippen molar-refractivity contribution in [2.75, 3.05) is 26.7 Å². The number of unbranched alkanes of at least 4 members (excludes halogenated alkanes) is 1. The quantitative estimate of drug-likeness (QED) is 0.323. The predicted molar refractivity (Wildman–Crippen MR) is 101 cm³/mol. The molecule has 0 spiro atoms. The second kappa shape index (κ2) is 10.0. The summed E-state index contributed by atoms with van der Waals surface area (Å²) in [6, 6.07) is 4.19. The summed E-state index contributed by atoms with van der Waals surface area (Å²) in [5.74, 6) is -1.15. The summed E-state index contributed by atoms with van der Waals surface area (Å²) < 4.78 is 4.59. The number of likely N-dealkylation sites (tertiary alicyclic amines) is 1. The number of carbonyl (C=O) groups excluding carboxylic acids is 2. The maximum atomic E-state index is 12.3. The number of nitrogens with zero attached hydrogens (tertiary/aromatic N) is 2. The first kappa shape index (κ1) is 20.8. The molecule has 0 aromatic heterocycles. The number of hydrogen-bond acceptors (Lipinski definition) is 6. The largest absolute Gasteiger partial charge is 0.465 e. The molecule has 0 aliphatic carbocycles. The number of methoxy groups -OCH3 is 1. The van der Waals surface area contributed by atoms with Crippen molar-refractivity contribution >= 4 is 17.6 Å². The van der Waals surface area contributed by atoms with E-state index >= 15 is 0 Å². The Balaban J connectivity index is 1.86. The maximum Gasteiger partial charge on any atom is 0.338 e. The average molecular weight is 377 g/mol. The van der Waals surface area contributed by atoms with Gasteiger partial charge in [-0.2, -0.15) is 0 Å². The van der Waals surface area contributed by atoms with Crippen molar-refractivity contribution in [1.82, 2.24) is 10.2 Å². The zero-order chi connectivity index (χ0) is 19.8. The number of benzene rings is 1. The first-order chi connectivity index (χ1) is 12.9. The Bertz CT molecular complexity index is 692. The number of hydrogen-bond donors (Lipinski definition) is 1. The molecule has 0 saturated carbocycles. The standard InChI is InChI=1S/C19H27N3O5/c1-14-7-3-5-9-21(14)10-6-4-8-20-18(23)15-11-16(19(24)27-2)13-17(12-15)22(25)26/h11-14H,3-10H2,1-2H3,(H,20,23). The van der Waals surface area contributed by atoms with Gasteiger partial charge in [0, 0.05) is 30.3 Å². The summed E-state index contributed by atoms with van der Waals surface area (Å²) in [6.45, 7) is 4.89. The Hall–Kier alpha value is -2.48. The first-order valence-electron chi connectivity index (χ1n) is 9.32. The van der Waals surface area contributed by atoms with E-state index < -0.39 is 16.8 Å². The van der Waals surface area contributed by atoms with Crippen LogP contribution in [0.25, 0.3) is 0 Å². The second-order valence-electron chi connectivity index (χ2n) is 6.86. The minimum absolute atomic E-state index is 0.0177. The lowest BCUT2D eigenvalue weighted by atomic mass is 10.0. The van der Waals surface area contributed by atoms with Crippen LogP contribution in [0.15, 0.2) is 18.2 Å². The Morgan fingerprint density at radius 1 is 1.26 bits per heavy atom. The van der Waals surface area contributed by atoms with Gasteiger partial charge in [-0.1, -0.05) is 6.42 Å². The molecule has 1 aliphatic heterocycles. The lowest BCUT2D eigenvalue weighted by molar-refractivity contribution is -0.384. The van der Waals surface area contributed by atoms with E-state index in [0.29, 0.717) is 12.6 Å². The molecule has 1 atom stereocenters. The van der Waals surface area contributed by atoms with Crippen LogP contribution in [0, 0.1) is 10.1 Å². The Morgan fingerprint density at radius 3 is 2.67 bits per heavy atom. The minimum atomic E-state index is -0.719. The second-order valence-corrected chi connectivity index (χ2v) is 6.86. The van der Waals surface area contributed by atoms with Crippen molar-refractivity contribution in [3.05, 3.63) is 39.4 Å². The van der Waals surface area contributed by atoms with Crippen LogP contribution < -0.4 is 5.32 Å². The van der Waals surface area contributed by atoms with Gasteiger partial charge in [0.15, 0.2) is 0 Å². The molecule has 1 saturated heterocycles. The van der Waals surface area contributed by atoms with Crippen molar-refractivity contribution in [2.45, 2.75) is 45.1 Å². The van der Waals surface area contributed by atoms with Crippen LogP contribution >= 0.6 is 0 Å². The third kappa shape index (κ3) is 6.02. The summed E-state index contributed by atoms with van der Waals surface area (Å²) in [5.41, 5.74) is -0.257. The molecule has 1 unspecified atom stereocenters. The fraction of sp³-hybridized carbons (Fsp3) is 0.579. The van der Waals surface area contributed by atoms with Crippen molar-refractivity contribution in [2.24, 2.45) is 0 Å². The number of nitro groups is 1. The predicted octanol–water partition coefficient (Wildman–Crippen LogP) is 2.77. The van der Waals surface area contributed by atoms with Crippen LogP contribution in [0.5, 0.6) is 0 Å². The van der Waals surface area contributed by atoms with Gasteiger partial charge in [0.2, 0.25) is 0 Å². The van der Waals surface area contributed by atoms with E-state index in [1.54, 1.807) is 0 Å². The number of piperidine rings is 1. The van der Waals surface area contributed by atoms with E-state index in [2.05, 4.69) is 21.9 Å².